The lowest BCUT2D eigenvalue weighted by molar-refractivity contribution is -0.152. The van der Waals surface area contributed by atoms with Crippen LogP contribution >= 0.6 is 0 Å². The maximum absolute atomic E-state index is 14.4. The molecule has 188 valence electrons. The van der Waals surface area contributed by atoms with Crippen molar-refractivity contribution in [1.82, 2.24) is 9.21 Å². The number of likely N-dealkylation sites (tertiary alicyclic amines) is 1. The number of sulfonamides is 1. The second-order valence-electron chi connectivity index (χ2n) is 8.51. The summed E-state index contributed by atoms with van der Waals surface area (Å²) in [5.74, 6) is -2.82. The summed E-state index contributed by atoms with van der Waals surface area (Å²) in [5.41, 5.74) is -0.155. The molecule has 2 aliphatic rings. The monoisotopic (exact) mass is 498 g/mol. The lowest BCUT2D eigenvalue weighted by Gasteiger charge is -2.32. The Morgan fingerprint density at radius 2 is 1.74 bits per heavy atom. The maximum Gasteiger partial charge on any atom is 0.338 e. The molecule has 0 radical (unpaired) electrons. The minimum Gasteiger partial charge on any atom is -0.466 e. The average Bonchev–Trinajstić information content (AvgIpc) is 2.84. The number of hydrogen-bond acceptors (Lipinski definition) is 7. The van der Waals surface area contributed by atoms with E-state index in [0.717, 1.165) is 24.6 Å². The molecular formula is C23H31FN2O7S. The third-order valence-electron chi connectivity index (χ3n) is 6.16. The van der Waals surface area contributed by atoms with Gasteiger partial charge in [0.25, 0.3) is 5.91 Å². The van der Waals surface area contributed by atoms with Crippen molar-refractivity contribution in [1.29, 1.82) is 0 Å². The van der Waals surface area contributed by atoms with E-state index in [4.69, 9.17) is 9.47 Å². The number of nitrogens with zero attached hydrogens (tertiary/aromatic N) is 2. The SMILES string of the molecule is CCOC(=O)C1CCN(C(=O)[C@H](C)OC(=O)c2ccc(F)c(S(=O)(=O)N3CCCCC3)c2)CC1. The van der Waals surface area contributed by atoms with Crippen LogP contribution in [0.15, 0.2) is 23.1 Å². The van der Waals surface area contributed by atoms with Crippen LogP contribution < -0.4 is 0 Å². The van der Waals surface area contributed by atoms with E-state index < -0.39 is 38.7 Å². The Bertz CT molecular complexity index is 1020. The molecule has 1 atom stereocenters. The first-order valence-corrected chi connectivity index (χ1v) is 13.0. The molecule has 3 rings (SSSR count). The van der Waals surface area contributed by atoms with Gasteiger partial charge in [0.2, 0.25) is 10.0 Å². The highest BCUT2D eigenvalue weighted by atomic mass is 32.2. The van der Waals surface area contributed by atoms with Crippen molar-refractivity contribution in [3.63, 3.8) is 0 Å². The van der Waals surface area contributed by atoms with Gasteiger partial charge >= 0.3 is 11.9 Å². The minimum absolute atomic E-state index is 0.155. The maximum atomic E-state index is 14.4. The number of ether oxygens (including phenoxy) is 2. The van der Waals surface area contributed by atoms with Crippen molar-refractivity contribution < 1.29 is 36.7 Å². The summed E-state index contributed by atoms with van der Waals surface area (Å²) in [7, 11) is -4.09. The van der Waals surface area contributed by atoms with E-state index in [2.05, 4.69) is 0 Å². The molecule has 1 amide bonds. The first kappa shape index (κ1) is 26.1. The first-order valence-electron chi connectivity index (χ1n) is 11.6. The fraction of sp³-hybridized carbons (Fsp3) is 0.609. The van der Waals surface area contributed by atoms with Crippen LogP contribution in [0.25, 0.3) is 0 Å². The summed E-state index contributed by atoms with van der Waals surface area (Å²) >= 11 is 0. The summed E-state index contributed by atoms with van der Waals surface area (Å²) in [4.78, 5) is 38.2. The Balaban J connectivity index is 1.63. The summed E-state index contributed by atoms with van der Waals surface area (Å²) in [6.07, 6.45) is 2.09. The van der Waals surface area contributed by atoms with Gasteiger partial charge in [0.15, 0.2) is 6.10 Å². The molecule has 2 fully saturated rings. The Labute approximate surface area is 199 Å². The molecule has 0 unspecified atom stereocenters. The highest BCUT2D eigenvalue weighted by Crippen LogP contribution is 2.25. The standard InChI is InChI=1S/C23H31FN2O7S/c1-3-32-22(28)17-9-13-25(14-10-17)21(27)16(2)33-23(29)18-7-8-19(24)20(15-18)34(30,31)26-11-5-4-6-12-26/h7-8,15-17H,3-6,9-14H2,1-2H3/t16-/m0/s1. The molecule has 0 spiro atoms. The van der Waals surface area contributed by atoms with Crippen LogP contribution in [0.3, 0.4) is 0 Å². The quantitative estimate of drug-likeness (QED) is 0.531. The molecule has 11 heteroatoms. The molecule has 2 aliphatic heterocycles. The Hall–Kier alpha value is -2.53. The second-order valence-corrected chi connectivity index (χ2v) is 10.4. The topological polar surface area (TPSA) is 110 Å². The number of hydrogen-bond donors (Lipinski definition) is 0. The molecule has 34 heavy (non-hydrogen) atoms. The van der Waals surface area contributed by atoms with E-state index in [-0.39, 0.29) is 17.5 Å². The van der Waals surface area contributed by atoms with E-state index in [1.165, 1.54) is 16.1 Å². The summed E-state index contributed by atoms with van der Waals surface area (Å²) in [6, 6.07) is 3.01. The zero-order chi connectivity index (χ0) is 24.9. The van der Waals surface area contributed by atoms with E-state index >= 15 is 0 Å². The Kier molecular flexibility index (Phi) is 8.64. The normalized spacial score (nSPS) is 18.9. The minimum atomic E-state index is -4.09. The largest absolute Gasteiger partial charge is 0.466 e. The number of carbonyl (C=O) groups is 3. The molecule has 0 aromatic heterocycles. The second kappa shape index (κ2) is 11.3. The van der Waals surface area contributed by atoms with Gasteiger partial charge in [-0.25, -0.2) is 17.6 Å². The van der Waals surface area contributed by atoms with Gasteiger partial charge in [-0.1, -0.05) is 6.42 Å². The van der Waals surface area contributed by atoms with Crippen LogP contribution in [0.2, 0.25) is 0 Å². The van der Waals surface area contributed by atoms with Gasteiger partial charge in [0, 0.05) is 26.2 Å². The molecule has 0 aliphatic carbocycles. The summed E-state index contributed by atoms with van der Waals surface area (Å²) in [5, 5.41) is 0. The third-order valence-corrected chi connectivity index (χ3v) is 8.07. The molecule has 0 N–H and O–H groups in total. The van der Waals surface area contributed by atoms with Gasteiger partial charge < -0.3 is 14.4 Å². The van der Waals surface area contributed by atoms with Crippen molar-refractivity contribution in [2.75, 3.05) is 32.8 Å². The molecule has 2 heterocycles. The smallest absolute Gasteiger partial charge is 0.338 e. The van der Waals surface area contributed by atoms with Crippen molar-refractivity contribution in [2.24, 2.45) is 5.92 Å². The van der Waals surface area contributed by atoms with Gasteiger partial charge in [0.05, 0.1) is 18.1 Å². The van der Waals surface area contributed by atoms with E-state index in [0.29, 0.717) is 58.5 Å². The Morgan fingerprint density at radius 1 is 1.09 bits per heavy atom. The van der Waals surface area contributed by atoms with E-state index in [9.17, 15) is 27.2 Å². The number of carbonyl (C=O) groups excluding carboxylic acids is 3. The molecule has 0 saturated carbocycles. The lowest BCUT2D eigenvalue weighted by Crippen LogP contribution is -2.45. The van der Waals surface area contributed by atoms with Crippen LogP contribution in [0.5, 0.6) is 0 Å². The number of rotatable bonds is 7. The molecule has 2 saturated heterocycles. The molecule has 1 aromatic carbocycles. The van der Waals surface area contributed by atoms with Gasteiger partial charge in [-0.05, 0) is 57.7 Å². The Morgan fingerprint density at radius 3 is 2.35 bits per heavy atom. The number of halogens is 1. The third kappa shape index (κ3) is 5.93. The van der Waals surface area contributed by atoms with Crippen molar-refractivity contribution in [2.45, 2.75) is 57.0 Å². The van der Waals surface area contributed by atoms with Crippen molar-refractivity contribution >= 4 is 27.9 Å². The summed E-state index contributed by atoms with van der Waals surface area (Å²) < 4.78 is 51.7. The fourth-order valence-electron chi connectivity index (χ4n) is 4.20. The molecule has 9 nitrogen and oxygen atoms in total. The van der Waals surface area contributed by atoms with Gasteiger partial charge in [0.1, 0.15) is 10.7 Å². The molecular weight excluding hydrogens is 467 g/mol. The highest BCUT2D eigenvalue weighted by Gasteiger charge is 2.33. The number of esters is 2. The van der Waals surface area contributed by atoms with E-state index in [1.54, 1.807) is 6.92 Å². The van der Waals surface area contributed by atoms with Crippen LogP contribution in [0, 0.1) is 11.7 Å². The van der Waals surface area contributed by atoms with Crippen LogP contribution in [-0.2, 0) is 29.1 Å². The predicted molar refractivity (Wildman–Crippen MR) is 120 cm³/mol. The van der Waals surface area contributed by atoms with E-state index in [1.807, 2.05) is 0 Å². The van der Waals surface area contributed by atoms with Gasteiger partial charge in [-0.2, -0.15) is 4.31 Å². The first-order chi connectivity index (χ1) is 16.1. The average molecular weight is 499 g/mol. The lowest BCUT2D eigenvalue weighted by atomic mass is 9.97. The van der Waals surface area contributed by atoms with Crippen LogP contribution in [0.4, 0.5) is 4.39 Å². The van der Waals surface area contributed by atoms with Gasteiger partial charge in [-0.3, -0.25) is 9.59 Å². The van der Waals surface area contributed by atoms with Crippen molar-refractivity contribution in [3.05, 3.63) is 29.6 Å². The van der Waals surface area contributed by atoms with Gasteiger partial charge in [-0.15, -0.1) is 0 Å². The van der Waals surface area contributed by atoms with Crippen LogP contribution in [-0.4, -0.2) is 74.4 Å². The number of benzene rings is 1. The fourth-order valence-corrected chi connectivity index (χ4v) is 5.81. The number of amides is 1. The zero-order valence-corrected chi connectivity index (χ0v) is 20.3. The molecule has 1 aromatic rings. The number of piperidine rings is 2. The zero-order valence-electron chi connectivity index (χ0n) is 19.5. The molecule has 0 bridgehead atoms. The van der Waals surface area contributed by atoms with Crippen LogP contribution in [0.1, 0.15) is 56.3 Å². The highest BCUT2D eigenvalue weighted by molar-refractivity contribution is 7.89. The summed E-state index contributed by atoms with van der Waals surface area (Å²) in [6.45, 7) is 4.73. The van der Waals surface area contributed by atoms with Crippen molar-refractivity contribution in [3.8, 4) is 0 Å². The predicted octanol–water partition coefficient (Wildman–Crippen LogP) is 2.35.